The summed E-state index contributed by atoms with van der Waals surface area (Å²) in [5.74, 6) is 0.745. The molecule has 0 unspecified atom stereocenters. The largest absolute Gasteiger partial charge is 0.496 e. The van der Waals surface area contributed by atoms with Crippen LogP contribution in [0.2, 0.25) is 0 Å². The molecule has 0 N–H and O–H groups in total. The van der Waals surface area contributed by atoms with Crippen LogP contribution < -0.4 is 14.2 Å². The van der Waals surface area contributed by atoms with Crippen LogP contribution in [0.1, 0.15) is 23.7 Å². The molecule has 0 aliphatic heterocycles. The van der Waals surface area contributed by atoms with Crippen LogP contribution in [0.25, 0.3) is 0 Å². The van der Waals surface area contributed by atoms with Crippen LogP contribution in [0.15, 0.2) is 12.1 Å². The normalized spacial score (nSPS) is 9.78. The Morgan fingerprint density at radius 3 is 1.89 bits per heavy atom. The van der Waals surface area contributed by atoms with E-state index in [0.717, 1.165) is 0 Å². The lowest BCUT2D eigenvalue weighted by Crippen LogP contribution is -2.07. The predicted octanol–water partition coefficient (Wildman–Crippen LogP) is 1.87. The van der Waals surface area contributed by atoms with Crippen molar-refractivity contribution in [1.82, 2.24) is 0 Å². The van der Waals surface area contributed by atoms with Crippen molar-refractivity contribution in [2.75, 3.05) is 21.3 Å². The number of hydrogen-bond acceptors (Lipinski definition) is 5. The third-order valence-corrected chi connectivity index (χ3v) is 2.42. The zero-order valence-electron chi connectivity index (χ0n) is 10.9. The fraction of sp³-hybridized carbons (Fsp3) is 0.385. The summed E-state index contributed by atoms with van der Waals surface area (Å²) in [6.45, 7) is 1.37. The first-order valence-corrected chi connectivity index (χ1v) is 5.36. The van der Waals surface area contributed by atoms with E-state index in [2.05, 4.69) is 0 Å². The van der Waals surface area contributed by atoms with Crippen molar-refractivity contribution >= 4 is 11.6 Å². The third kappa shape index (κ3) is 3.00. The number of ether oxygens (including phenoxy) is 3. The minimum Gasteiger partial charge on any atom is -0.496 e. The lowest BCUT2D eigenvalue weighted by molar-refractivity contribution is -0.116. The van der Waals surface area contributed by atoms with Crippen molar-refractivity contribution in [1.29, 1.82) is 0 Å². The van der Waals surface area contributed by atoms with Crippen LogP contribution >= 0.6 is 0 Å². The quantitative estimate of drug-likeness (QED) is 0.571. The van der Waals surface area contributed by atoms with Gasteiger partial charge in [0, 0.05) is 6.07 Å². The van der Waals surface area contributed by atoms with E-state index in [0.29, 0.717) is 22.8 Å². The summed E-state index contributed by atoms with van der Waals surface area (Å²) in [5, 5.41) is 0. The molecule has 18 heavy (non-hydrogen) atoms. The lowest BCUT2D eigenvalue weighted by atomic mass is 10.0. The molecule has 0 amide bonds. The van der Waals surface area contributed by atoms with E-state index in [1.807, 2.05) is 0 Å². The number of carbonyl (C=O) groups is 2. The topological polar surface area (TPSA) is 61.8 Å². The zero-order chi connectivity index (χ0) is 13.7. The molecule has 0 radical (unpaired) electrons. The molecule has 0 heterocycles. The Balaban J connectivity index is 3.24. The molecule has 0 saturated carbocycles. The predicted molar refractivity (Wildman–Crippen MR) is 65.7 cm³/mol. The second-order valence-corrected chi connectivity index (χ2v) is 3.71. The van der Waals surface area contributed by atoms with E-state index in [9.17, 15) is 9.59 Å². The monoisotopic (exact) mass is 252 g/mol. The maximum Gasteiger partial charge on any atom is 0.174 e. The molecule has 0 atom stereocenters. The number of rotatable bonds is 6. The molecular weight excluding hydrogens is 236 g/mol. The fourth-order valence-electron chi connectivity index (χ4n) is 1.57. The summed E-state index contributed by atoms with van der Waals surface area (Å²) in [4.78, 5) is 22.9. The summed E-state index contributed by atoms with van der Waals surface area (Å²) >= 11 is 0. The van der Waals surface area contributed by atoms with Crippen molar-refractivity contribution in [3.63, 3.8) is 0 Å². The van der Waals surface area contributed by atoms with Gasteiger partial charge in [0.05, 0.1) is 33.3 Å². The summed E-state index contributed by atoms with van der Waals surface area (Å²) in [6, 6.07) is 3.08. The van der Waals surface area contributed by atoms with Crippen LogP contribution in [-0.4, -0.2) is 32.9 Å². The van der Waals surface area contributed by atoms with Crippen LogP contribution in [0.3, 0.4) is 0 Å². The van der Waals surface area contributed by atoms with Crippen molar-refractivity contribution in [3.05, 3.63) is 17.7 Å². The Labute approximate surface area is 106 Å². The molecule has 0 bridgehead atoms. The van der Waals surface area contributed by atoms with Gasteiger partial charge in [-0.25, -0.2) is 0 Å². The number of hydrogen-bond donors (Lipinski definition) is 0. The van der Waals surface area contributed by atoms with E-state index in [1.54, 1.807) is 6.07 Å². The molecule has 1 aromatic rings. The number of methoxy groups -OCH3 is 3. The van der Waals surface area contributed by atoms with Crippen LogP contribution in [-0.2, 0) is 4.79 Å². The van der Waals surface area contributed by atoms with Crippen molar-refractivity contribution in [3.8, 4) is 17.2 Å². The molecule has 0 aromatic heterocycles. The summed E-state index contributed by atoms with van der Waals surface area (Å²) in [6.07, 6.45) is -0.161. The fourth-order valence-corrected chi connectivity index (χ4v) is 1.57. The van der Waals surface area contributed by atoms with Gasteiger partial charge in [-0.15, -0.1) is 0 Å². The highest BCUT2D eigenvalue weighted by molar-refractivity contribution is 6.09. The molecule has 1 aromatic carbocycles. The highest BCUT2D eigenvalue weighted by Gasteiger charge is 2.18. The first kappa shape index (κ1) is 14.0. The first-order chi connectivity index (χ1) is 8.53. The Morgan fingerprint density at radius 1 is 0.944 bits per heavy atom. The number of ketones is 2. The molecule has 5 nitrogen and oxygen atoms in total. The molecule has 0 saturated heterocycles. The molecule has 1 rings (SSSR count). The minimum atomic E-state index is -0.305. The highest BCUT2D eigenvalue weighted by Crippen LogP contribution is 2.35. The molecule has 98 valence electrons. The first-order valence-electron chi connectivity index (χ1n) is 5.36. The number of benzene rings is 1. The average Bonchev–Trinajstić information content (AvgIpc) is 2.36. The van der Waals surface area contributed by atoms with Gasteiger partial charge in [-0.2, -0.15) is 0 Å². The second-order valence-electron chi connectivity index (χ2n) is 3.71. The zero-order valence-corrected chi connectivity index (χ0v) is 10.9. The molecule has 0 spiro atoms. The summed E-state index contributed by atoms with van der Waals surface area (Å²) < 4.78 is 15.3. The van der Waals surface area contributed by atoms with Gasteiger partial charge in [0.1, 0.15) is 11.5 Å². The Morgan fingerprint density at radius 2 is 1.44 bits per heavy atom. The number of carbonyl (C=O) groups excluding carboxylic acids is 2. The second kappa shape index (κ2) is 6.05. The molecule has 5 heteroatoms. The van der Waals surface area contributed by atoms with Crippen LogP contribution in [0, 0.1) is 0 Å². The van der Waals surface area contributed by atoms with Gasteiger partial charge in [-0.1, -0.05) is 0 Å². The maximum absolute atomic E-state index is 11.9. The SMILES string of the molecule is COc1cc(OC)c(C(=O)CC(C)=O)cc1OC. The van der Waals surface area contributed by atoms with Gasteiger partial charge in [0.15, 0.2) is 17.3 Å². The van der Waals surface area contributed by atoms with Gasteiger partial charge in [-0.05, 0) is 13.0 Å². The lowest BCUT2D eigenvalue weighted by Gasteiger charge is -2.13. The summed E-state index contributed by atoms with van der Waals surface area (Å²) in [5.41, 5.74) is 0.311. The maximum atomic E-state index is 11.9. The molecular formula is C13H16O5. The van der Waals surface area contributed by atoms with Crippen LogP contribution in [0.5, 0.6) is 17.2 Å². The van der Waals surface area contributed by atoms with Gasteiger partial charge >= 0.3 is 0 Å². The molecule has 0 aliphatic rings. The molecule has 0 fully saturated rings. The summed E-state index contributed by atoms with van der Waals surface area (Å²) in [7, 11) is 4.42. The Hall–Kier alpha value is -2.04. The molecule has 0 aliphatic carbocycles. The number of Topliss-reactive ketones (excluding diaryl/α,β-unsaturated/α-hetero) is 2. The van der Waals surface area contributed by atoms with E-state index >= 15 is 0 Å². The smallest absolute Gasteiger partial charge is 0.174 e. The van der Waals surface area contributed by atoms with Crippen molar-refractivity contribution < 1.29 is 23.8 Å². The minimum absolute atomic E-state index is 0.161. The Bertz CT molecular complexity index is 465. The van der Waals surface area contributed by atoms with E-state index < -0.39 is 0 Å². The van der Waals surface area contributed by atoms with Gasteiger partial charge in [-0.3, -0.25) is 9.59 Å². The van der Waals surface area contributed by atoms with E-state index in [4.69, 9.17) is 14.2 Å². The Kier molecular flexibility index (Phi) is 4.71. The van der Waals surface area contributed by atoms with Crippen molar-refractivity contribution in [2.24, 2.45) is 0 Å². The third-order valence-electron chi connectivity index (χ3n) is 2.42. The van der Waals surface area contributed by atoms with Gasteiger partial charge < -0.3 is 14.2 Å². The van der Waals surface area contributed by atoms with Gasteiger partial charge in [0.2, 0.25) is 0 Å². The van der Waals surface area contributed by atoms with E-state index in [-0.39, 0.29) is 18.0 Å². The van der Waals surface area contributed by atoms with Crippen molar-refractivity contribution in [2.45, 2.75) is 13.3 Å². The van der Waals surface area contributed by atoms with Gasteiger partial charge in [0.25, 0.3) is 0 Å². The van der Waals surface area contributed by atoms with E-state index in [1.165, 1.54) is 34.3 Å². The van der Waals surface area contributed by atoms with Crippen LogP contribution in [0.4, 0.5) is 0 Å². The standard InChI is InChI=1S/C13H16O5/c1-8(14)5-10(15)9-6-12(17-3)13(18-4)7-11(9)16-2/h6-7H,5H2,1-4H3. The average molecular weight is 252 g/mol. The highest BCUT2D eigenvalue weighted by atomic mass is 16.5.